The highest BCUT2D eigenvalue weighted by Crippen LogP contribution is 2.27. The second-order valence-corrected chi connectivity index (χ2v) is 11.8. The number of sulfone groups is 1. The number of aromatic nitrogens is 1. The number of carbonyl (C=O) groups is 1. The molecule has 0 atom stereocenters. The smallest absolute Gasteiger partial charge is 0.326 e. The molecule has 0 unspecified atom stereocenters. The van der Waals surface area contributed by atoms with Gasteiger partial charge in [0, 0.05) is 54.7 Å². The molecule has 2 amide bonds. The van der Waals surface area contributed by atoms with Crippen LogP contribution in [0.5, 0.6) is 11.6 Å². The van der Waals surface area contributed by atoms with Crippen LogP contribution in [-0.2, 0) is 16.4 Å². The number of benzene rings is 3. The topological polar surface area (TPSA) is 91.8 Å². The molecule has 0 aliphatic carbocycles. The maximum absolute atomic E-state index is 13.4. The van der Waals surface area contributed by atoms with Gasteiger partial charge in [0.25, 0.3) is 0 Å². The van der Waals surface area contributed by atoms with Crippen LogP contribution in [0.4, 0.5) is 20.6 Å². The lowest BCUT2D eigenvalue weighted by Crippen LogP contribution is -2.49. The summed E-state index contributed by atoms with van der Waals surface area (Å²) in [7, 11) is -3.49. The zero-order chi connectivity index (χ0) is 29.5. The van der Waals surface area contributed by atoms with E-state index >= 15 is 0 Å². The van der Waals surface area contributed by atoms with Crippen LogP contribution < -0.4 is 15.0 Å². The SMILES string of the molecule is C=CS(=O)(=O)c1ccc(Oc2ccc(CN3CCC(N(C(=O)Nc4ccc(F)cc4)c4ccccc4)CC3)cn2)cc1. The Morgan fingerprint density at radius 3 is 2.31 bits per heavy atom. The Bertz CT molecular complexity index is 1610. The lowest BCUT2D eigenvalue weighted by Gasteiger charge is -2.38. The number of anilines is 2. The predicted octanol–water partition coefficient (Wildman–Crippen LogP) is 6.63. The van der Waals surface area contributed by atoms with Crippen LogP contribution in [0.25, 0.3) is 0 Å². The standard InChI is InChI=1S/C32H31FN4O4S/c1-2-42(39,40)30-15-13-29(14-16-30)41-31-17-8-24(22-34-31)23-36-20-18-28(19-21-36)37(27-6-4-3-5-7-27)32(38)35-26-11-9-25(33)10-12-26/h2-17,22,28H,1,18-21,23H2,(H,35,38). The lowest BCUT2D eigenvalue weighted by molar-refractivity contribution is 0.199. The summed E-state index contributed by atoms with van der Waals surface area (Å²) >= 11 is 0. The molecule has 2 heterocycles. The van der Waals surface area contributed by atoms with Gasteiger partial charge < -0.3 is 10.1 Å². The number of nitrogens with zero attached hydrogens (tertiary/aromatic N) is 3. The van der Waals surface area contributed by atoms with Gasteiger partial charge >= 0.3 is 6.03 Å². The Morgan fingerprint density at radius 2 is 1.69 bits per heavy atom. The number of urea groups is 1. The van der Waals surface area contributed by atoms with Gasteiger partial charge in [-0.05, 0) is 79.1 Å². The first-order valence-corrected chi connectivity index (χ1v) is 15.1. The number of amides is 2. The molecule has 8 nitrogen and oxygen atoms in total. The van der Waals surface area contributed by atoms with Gasteiger partial charge in [0.2, 0.25) is 5.88 Å². The molecule has 1 fully saturated rings. The average Bonchev–Trinajstić information content (AvgIpc) is 3.01. The van der Waals surface area contributed by atoms with E-state index in [1.807, 2.05) is 36.4 Å². The highest BCUT2D eigenvalue weighted by atomic mass is 32.2. The summed E-state index contributed by atoms with van der Waals surface area (Å²) in [5.41, 5.74) is 2.38. The van der Waals surface area contributed by atoms with Gasteiger partial charge in [-0.15, -0.1) is 0 Å². The lowest BCUT2D eigenvalue weighted by atomic mass is 10.0. The van der Waals surface area contributed by atoms with Crippen molar-refractivity contribution in [3.63, 3.8) is 0 Å². The van der Waals surface area contributed by atoms with Crippen molar-refractivity contribution in [2.75, 3.05) is 23.3 Å². The zero-order valence-electron chi connectivity index (χ0n) is 22.9. The fourth-order valence-corrected chi connectivity index (χ4v) is 5.58. The van der Waals surface area contributed by atoms with Gasteiger partial charge in [-0.25, -0.2) is 22.6 Å². The summed E-state index contributed by atoms with van der Waals surface area (Å²) in [6.45, 7) is 5.65. The Labute approximate surface area is 245 Å². The number of para-hydroxylation sites is 1. The van der Waals surface area contributed by atoms with Gasteiger partial charge in [-0.2, -0.15) is 0 Å². The molecule has 1 aliphatic heterocycles. The van der Waals surface area contributed by atoms with Crippen LogP contribution in [0.15, 0.2) is 114 Å². The minimum Gasteiger partial charge on any atom is -0.439 e. The number of nitrogens with one attached hydrogen (secondary N) is 1. The second kappa shape index (κ2) is 13.0. The third-order valence-electron chi connectivity index (χ3n) is 7.07. The van der Waals surface area contributed by atoms with Gasteiger partial charge in [0.05, 0.1) is 4.90 Å². The van der Waals surface area contributed by atoms with Gasteiger partial charge in [-0.1, -0.05) is 30.8 Å². The van der Waals surface area contributed by atoms with E-state index < -0.39 is 9.84 Å². The Balaban J connectivity index is 1.17. The van der Waals surface area contributed by atoms with Crippen LogP contribution in [0.3, 0.4) is 0 Å². The molecule has 1 aliphatic rings. The van der Waals surface area contributed by atoms with E-state index in [9.17, 15) is 17.6 Å². The molecule has 5 rings (SSSR count). The molecule has 0 saturated carbocycles. The molecule has 216 valence electrons. The molecule has 10 heteroatoms. The number of rotatable bonds is 9. The van der Waals surface area contributed by atoms with Crippen molar-refractivity contribution in [2.45, 2.75) is 30.3 Å². The molecule has 42 heavy (non-hydrogen) atoms. The first-order chi connectivity index (χ1) is 20.3. The number of piperidine rings is 1. The molecular formula is C32H31FN4O4S. The summed E-state index contributed by atoms with van der Waals surface area (Å²) in [6, 6.07) is 24.9. The van der Waals surface area contributed by atoms with Crippen molar-refractivity contribution < 1.29 is 22.3 Å². The molecule has 1 N–H and O–H groups in total. The van der Waals surface area contributed by atoms with Crippen molar-refractivity contribution in [2.24, 2.45) is 0 Å². The van der Waals surface area contributed by atoms with Crippen LogP contribution in [-0.4, -0.2) is 43.5 Å². The van der Waals surface area contributed by atoms with E-state index in [1.165, 1.54) is 24.3 Å². The summed E-state index contributed by atoms with van der Waals surface area (Å²) in [4.78, 5) is 22.1. The normalized spacial score (nSPS) is 14.2. The number of pyridine rings is 1. The largest absolute Gasteiger partial charge is 0.439 e. The molecule has 0 bridgehead atoms. The van der Waals surface area contributed by atoms with Crippen molar-refractivity contribution in [1.29, 1.82) is 0 Å². The zero-order valence-corrected chi connectivity index (χ0v) is 23.7. The predicted molar refractivity (Wildman–Crippen MR) is 161 cm³/mol. The minimum absolute atomic E-state index is 0.00542. The first-order valence-electron chi connectivity index (χ1n) is 13.5. The molecule has 0 radical (unpaired) electrons. The molecule has 0 spiro atoms. The van der Waals surface area contributed by atoms with Crippen molar-refractivity contribution >= 4 is 27.2 Å². The average molecular weight is 587 g/mol. The summed E-state index contributed by atoms with van der Waals surface area (Å²) in [5.74, 6) is 0.528. The first kappa shape index (κ1) is 29.0. The van der Waals surface area contributed by atoms with Gasteiger partial charge in [0.1, 0.15) is 11.6 Å². The second-order valence-electron chi connectivity index (χ2n) is 9.94. The van der Waals surface area contributed by atoms with E-state index in [0.717, 1.165) is 42.6 Å². The number of likely N-dealkylation sites (tertiary alicyclic amines) is 1. The highest BCUT2D eigenvalue weighted by Gasteiger charge is 2.29. The Kier molecular flexibility index (Phi) is 8.94. The van der Waals surface area contributed by atoms with Gasteiger partial charge in [0.15, 0.2) is 9.84 Å². The number of hydrogen-bond donors (Lipinski definition) is 1. The molecule has 3 aromatic carbocycles. The maximum atomic E-state index is 13.4. The fraction of sp³-hybridized carbons (Fsp3) is 0.188. The van der Waals surface area contributed by atoms with E-state index in [2.05, 4.69) is 21.8 Å². The highest BCUT2D eigenvalue weighted by molar-refractivity contribution is 7.94. The molecular weight excluding hydrogens is 555 g/mol. The van der Waals surface area contributed by atoms with E-state index in [4.69, 9.17) is 4.74 Å². The molecule has 1 aromatic heterocycles. The van der Waals surface area contributed by atoms with Gasteiger partial charge in [-0.3, -0.25) is 9.80 Å². The minimum atomic E-state index is -3.49. The Hall–Kier alpha value is -4.54. The Morgan fingerprint density at radius 1 is 1.00 bits per heavy atom. The number of carbonyl (C=O) groups excluding carboxylic acids is 1. The summed E-state index contributed by atoms with van der Waals surface area (Å²) in [6.07, 6.45) is 3.35. The van der Waals surface area contributed by atoms with Crippen molar-refractivity contribution in [3.05, 3.63) is 121 Å². The number of hydrogen-bond acceptors (Lipinski definition) is 6. The number of halogens is 1. The fourth-order valence-electron chi connectivity index (χ4n) is 4.87. The van der Waals surface area contributed by atoms with Crippen molar-refractivity contribution in [1.82, 2.24) is 9.88 Å². The quantitative estimate of drug-likeness (QED) is 0.237. The molecule has 4 aromatic rings. The summed E-state index contributed by atoms with van der Waals surface area (Å²) < 4.78 is 42.9. The monoisotopic (exact) mass is 586 g/mol. The van der Waals surface area contributed by atoms with Crippen LogP contribution in [0.1, 0.15) is 18.4 Å². The van der Waals surface area contributed by atoms with Crippen molar-refractivity contribution in [3.8, 4) is 11.6 Å². The van der Waals surface area contributed by atoms with Crippen LogP contribution in [0.2, 0.25) is 0 Å². The summed E-state index contributed by atoms with van der Waals surface area (Å²) in [5, 5.41) is 3.82. The number of ether oxygens (including phenoxy) is 1. The molecule has 1 saturated heterocycles. The van der Waals surface area contributed by atoms with E-state index in [1.54, 1.807) is 41.4 Å². The van der Waals surface area contributed by atoms with Crippen LogP contribution in [0, 0.1) is 5.82 Å². The van der Waals surface area contributed by atoms with E-state index in [0.29, 0.717) is 23.9 Å². The maximum Gasteiger partial charge on any atom is 0.326 e. The van der Waals surface area contributed by atoms with Crippen LogP contribution >= 0.6 is 0 Å². The van der Waals surface area contributed by atoms with E-state index in [-0.39, 0.29) is 22.8 Å². The third kappa shape index (κ3) is 7.20. The third-order valence-corrected chi connectivity index (χ3v) is 8.44.